The Morgan fingerprint density at radius 3 is 2.58 bits per heavy atom. The van der Waals surface area contributed by atoms with Gasteiger partial charge in [-0.1, -0.05) is 60.0 Å². The first-order valence-corrected chi connectivity index (χ1v) is 13.6. The smallest absolute Gasteiger partial charge is 0.374 e. The average molecular weight is 536 g/mol. The molecule has 0 saturated heterocycles. The first-order valence-electron chi connectivity index (χ1n) is 13.2. The van der Waals surface area contributed by atoms with Crippen LogP contribution in [-0.4, -0.2) is 45.8 Å². The number of carbonyl (C=O) groups is 1. The molecule has 0 bridgehead atoms. The number of aromatic nitrogens is 2. The minimum Gasteiger partial charge on any atom is -0.475 e. The second-order valence-corrected chi connectivity index (χ2v) is 10.8. The fourth-order valence-corrected chi connectivity index (χ4v) is 5.66. The lowest BCUT2D eigenvalue weighted by Gasteiger charge is -2.36. The van der Waals surface area contributed by atoms with Crippen molar-refractivity contribution in [3.05, 3.63) is 76.1 Å². The van der Waals surface area contributed by atoms with Gasteiger partial charge in [0.15, 0.2) is 11.6 Å². The normalized spacial score (nSPS) is 17.7. The molecule has 38 heavy (non-hydrogen) atoms. The second-order valence-electron chi connectivity index (χ2n) is 10.3. The van der Waals surface area contributed by atoms with Gasteiger partial charge in [0.25, 0.3) is 0 Å². The molecular weight excluding hydrogens is 502 g/mol. The molecule has 1 fully saturated rings. The fraction of sp³-hybridized carbons (Fsp3) is 0.414. The number of hydrogen-bond acceptors (Lipinski definition) is 7. The van der Waals surface area contributed by atoms with Crippen molar-refractivity contribution in [2.24, 2.45) is 5.92 Å². The number of anilines is 3. The van der Waals surface area contributed by atoms with Gasteiger partial charge in [-0.25, -0.2) is 14.8 Å². The summed E-state index contributed by atoms with van der Waals surface area (Å²) in [5.41, 5.74) is 4.07. The number of aromatic carboxylic acids is 1. The average Bonchev–Trinajstić information content (AvgIpc) is 3.14. The van der Waals surface area contributed by atoms with Crippen LogP contribution in [0.5, 0.6) is 0 Å². The number of halogens is 1. The first-order chi connectivity index (χ1) is 18.4. The van der Waals surface area contributed by atoms with Gasteiger partial charge in [0.05, 0.1) is 0 Å². The lowest BCUT2D eigenvalue weighted by molar-refractivity contribution is 0.0683. The van der Waals surface area contributed by atoms with Gasteiger partial charge in [0, 0.05) is 31.3 Å². The van der Waals surface area contributed by atoms with Gasteiger partial charge in [0.1, 0.15) is 11.9 Å². The summed E-state index contributed by atoms with van der Waals surface area (Å²) in [6.45, 7) is 2.74. The quantitative estimate of drug-likeness (QED) is 0.306. The van der Waals surface area contributed by atoms with Crippen LogP contribution >= 0.6 is 11.6 Å². The molecule has 0 spiro atoms. The van der Waals surface area contributed by atoms with Gasteiger partial charge < -0.3 is 25.3 Å². The molecule has 1 saturated carbocycles. The van der Waals surface area contributed by atoms with Gasteiger partial charge in [0.2, 0.25) is 5.82 Å². The van der Waals surface area contributed by atoms with Crippen LogP contribution in [0.1, 0.15) is 65.6 Å². The van der Waals surface area contributed by atoms with Crippen LogP contribution in [0.3, 0.4) is 0 Å². The standard InChI is InChI=1S/C29H34ClN5O3/c1-18-6-3-9-21(16-18)28-34(2)27-24(35(28)17-19-11-13-22(30)14-12-19)25(32-26(33-27)29(37)38)31-23(10-5-15-36)20-7-4-8-20/h3,6,9,11-14,16,20,23,28,36H,4-5,7-8,10,15,17H2,1-2H3,(H,37,38)(H,31,32,33)/t23-,28?/m1/s1. The van der Waals surface area contributed by atoms with Gasteiger partial charge in [-0.2, -0.15) is 0 Å². The number of fused-ring (bicyclic) bond motifs is 1. The van der Waals surface area contributed by atoms with E-state index in [-0.39, 0.29) is 24.6 Å². The zero-order chi connectivity index (χ0) is 26.8. The molecule has 3 N–H and O–H groups in total. The van der Waals surface area contributed by atoms with Crippen LogP contribution in [0.2, 0.25) is 5.02 Å². The molecule has 0 amide bonds. The zero-order valence-corrected chi connectivity index (χ0v) is 22.5. The number of nitrogens with zero attached hydrogens (tertiary/aromatic N) is 4. The van der Waals surface area contributed by atoms with Crippen LogP contribution in [0.4, 0.5) is 17.3 Å². The monoisotopic (exact) mass is 535 g/mol. The number of aryl methyl sites for hydroxylation is 1. The van der Waals surface area contributed by atoms with Gasteiger partial charge in [-0.15, -0.1) is 0 Å². The van der Waals surface area contributed by atoms with Crippen LogP contribution in [0, 0.1) is 12.8 Å². The number of benzene rings is 2. The Hall–Kier alpha value is -3.36. The van der Waals surface area contributed by atoms with Crippen LogP contribution in [-0.2, 0) is 6.54 Å². The van der Waals surface area contributed by atoms with E-state index >= 15 is 0 Å². The van der Waals surface area contributed by atoms with Crippen molar-refractivity contribution in [1.29, 1.82) is 0 Å². The van der Waals surface area contributed by atoms with E-state index < -0.39 is 5.97 Å². The third kappa shape index (κ3) is 5.28. The number of aliphatic hydroxyl groups excluding tert-OH is 1. The lowest BCUT2D eigenvalue weighted by atomic mass is 9.78. The van der Waals surface area contributed by atoms with E-state index in [9.17, 15) is 15.0 Å². The fourth-order valence-electron chi connectivity index (χ4n) is 5.54. The topological polar surface area (TPSA) is 102 Å². The minimum atomic E-state index is -1.16. The van der Waals surface area contributed by atoms with E-state index in [1.165, 1.54) is 6.42 Å². The highest BCUT2D eigenvalue weighted by molar-refractivity contribution is 6.30. The van der Waals surface area contributed by atoms with Crippen molar-refractivity contribution in [3.8, 4) is 0 Å². The Morgan fingerprint density at radius 1 is 1.18 bits per heavy atom. The van der Waals surface area contributed by atoms with Gasteiger partial charge in [-0.05, 0) is 61.8 Å². The van der Waals surface area contributed by atoms with Crippen molar-refractivity contribution in [2.45, 2.75) is 57.8 Å². The molecule has 2 atom stereocenters. The van der Waals surface area contributed by atoms with Crippen LogP contribution in [0.15, 0.2) is 48.5 Å². The highest BCUT2D eigenvalue weighted by Gasteiger charge is 2.40. The van der Waals surface area contributed by atoms with Crippen molar-refractivity contribution in [1.82, 2.24) is 9.97 Å². The third-order valence-electron chi connectivity index (χ3n) is 7.66. The summed E-state index contributed by atoms with van der Waals surface area (Å²) in [4.78, 5) is 25.4. The molecule has 0 radical (unpaired) electrons. The van der Waals surface area contributed by atoms with Crippen molar-refractivity contribution < 1.29 is 15.0 Å². The minimum absolute atomic E-state index is 0.0947. The molecule has 5 rings (SSSR count). The van der Waals surface area contributed by atoms with E-state index in [1.54, 1.807) is 0 Å². The van der Waals surface area contributed by atoms with Crippen molar-refractivity contribution in [2.75, 3.05) is 28.8 Å². The maximum atomic E-state index is 12.1. The molecule has 1 unspecified atom stereocenters. The molecule has 1 aliphatic carbocycles. The van der Waals surface area contributed by atoms with E-state index in [1.807, 2.05) is 42.3 Å². The van der Waals surface area contributed by atoms with Crippen LogP contribution in [0.25, 0.3) is 0 Å². The molecule has 2 heterocycles. The number of aliphatic hydroxyl groups is 1. The predicted octanol–water partition coefficient (Wildman–Crippen LogP) is 5.64. The Bertz CT molecular complexity index is 1300. The molecule has 2 aliphatic rings. The maximum Gasteiger partial charge on any atom is 0.374 e. The third-order valence-corrected chi connectivity index (χ3v) is 7.91. The molecule has 8 nitrogen and oxygen atoms in total. The highest BCUT2D eigenvalue weighted by Crippen LogP contribution is 2.49. The molecule has 1 aliphatic heterocycles. The van der Waals surface area contributed by atoms with Crippen molar-refractivity contribution >= 4 is 34.9 Å². The van der Waals surface area contributed by atoms with E-state index in [4.69, 9.17) is 11.6 Å². The van der Waals surface area contributed by atoms with E-state index in [2.05, 4.69) is 45.3 Å². The second kappa shape index (κ2) is 11.2. The largest absolute Gasteiger partial charge is 0.475 e. The van der Waals surface area contributed by atoms with E-state index in [0.29, 0.717) is 35.5 Å². The molecule has 2 aromatic carbocycles. The highest BCUT2D eigenvalue weighted by atomic mass is 35.5. The molecule has 200 valence electrons. The van der Waals surface area contributed by atoms with E-state index in [0.717, 1.165) is 41.6 Å². The number of rotatable bonds is 10. The van der Waals surface area contributed by atoms with Gasteiger partial charge >= 0.3 is 5.97 Å². The molecular formula is C29H34ClN5O3. The summed E-state index contributed by atoms with van der Waals surface area (Å²) in [6, 6.07) is 16.2. The summed E-state index contributed by atoms with van der Waals surface area (Å²) >= 11 is 6.17. The summed E-state index contributed by atoms with van der Waals surface area (Å²) in [6.07, 6.45) is 4.67. The summed E-state index contributed by atoms with van der Waals surface area (Å²) in [7, 11) is 1.95. The lowest BCUT2D eigenvalue weighted by Crippen LogP contribution is -2.36. The Morgan fingerprint density at radius 2 is 1.95 bits per heavy atom. The van der Waals surface area contributed by atoms with Crippen LogP contribution < -0.4 is 15.1 Å². The SMILES string of the molecule is Cc1cccc(C2N(C)c3nc(C(=O)O)nc(N[C@H](CCCO)C4CCC4)c3N2Cc2ccc(Cl)cc2)c1. The zero-order valence-electron chi connectivity index (χ0n) is 21.8. The van der Waals surface area contributed by atoms with Gasteiger partial charge in [-0.3, -0.25) is 0 Å². The predicted molar refractivity (Wildman–Crippen MR) is 150 cm³/mol. The number of carboxylic acid groups (broad SMARTS) is 1. The number of carboxylic acids is 1. The number of hydrogen-bond donors (Lipinski definition) is 3. The number of nitrogens with one attached hydrogen (secondary N) is 1. The molecule has 1 aromatic heterocycles. The maximum absolute atomic E-state index is 12.1. The molecule has 9 heteroatoms. The Labute approximate surface area is 228 Å². The summed E-state index contributed by atoms with van der Waals surface area (Å²) in [5, 5.41) is 23.7. The molecule has 3 aromatic rings. The summed E-state index contributed by atoms with van der Waals surface area (Å²) in [5.74, 6) is 0.178. The van der Waals surface area contributed by atoms with Crippen molar-refractivity contribution in [3.63, 3.8) is 0 Å². The first kappa shape index (κ1) is 26.3. The Balaban J connectivity index is 1.63. The summed E-state index contributed by atoms with van der Waals surface area (Å²) < 4.78 is 0. The Kier molecular flexibility index (Phi) is 7.72.